The minimum atomic E-state index is 0.535. The van der Waals surface area contributed by atoms with E-state index in [0.29, 0.717) is 6.04 Å². The number of benzene rings is 1. The molecule has 1 rings (SSSR count). The minimum absolute atomic E-state index is 0.535. The summed E-state index contributed by atoms with van der Waals surface area (Å²) in [6, 6.07) is 9.09. The Morgan fingerprint density at radius 1 is 1.08 bits per heavy atom. The standard InChI is InChI=1S/C11H17BrN/c1-9(13(2,3)4)10-5-7-11(12)8-6-10/h5-9H,1-4H3/q+1/t9-/m1/s1. The second-order valence-electron chi connectivity index (χ2n) is 4.34. The van der Waals surface area contributed by atoms with Crippen LogP contribution in [0.25, 0.3) is 0 Å². The molecule has 0 radical (unpaired) electrons. The minimum Gasteiger partial charge on any atom is -0.325 e. The van der Waals surface area contributed by atoms with Gasteiger partial charge in [-0.25, -0.2) is 0 Å². The lowest BCUT2D eigenvalue weighted by Crippen LogP contribution is -2.37. The highest BCUT2D eigenvalue weighted by atomic mass is 79.9. The van der Waals surface area contributed by atoms with E-state index in [1.165, 1.54) is 5.56 Å². The maximum atomic E-state index is 3.44. The van der Waals surface area contributed by atoms with Gasteiger partial charge in [0.15, 0.2) is 0 Å². The highest BCUT2D eigenvalue weighted by Gasteiger charge is 2.19. The van der Waals surface area contributed by atoms with Crippen LogP contribution in [0.3, 0.4) is 0 Å². The Morgan fingerprint density at radius 2 is 1.54 bits per heavy atom. The number of hydrogen-bond donors (Lipinski definition) is 0. The summed E-state index contributed by atoms with van der Waals surface area (Å²) in [7, 11) is 6.64. The summed E-state index contributed by atoms with van der Waals surface area (Å²) < 4.78 is 2.10. The lowest BCUT2D eigenvalue weighted by atomic mass is 10.1. The fourth-order valence-corrected chi connectivity index (χ4v) is 1.45. The molecule has 13 heavy (non-hydrogen) atoms. The van der Waals surface area contributed by atoms with Crippen LogP contribution in [0.15, 0.2) is 28.7 Å². The lowest BCUT2D eigenvalue weighted by molar-refractivity contribution is -0.900. The van der Waals surface area contributed by atoms with Crippen molar-refractivity contribution >= 4 is 15.9 Å². The summed E-state index contributed by atoms with van der Waals surface area (Å²) in [5.74, 6) is 0. The van der Waals surface area contributed by atoms with E-state index in [9.17, 15) is 0 Å². The molecule has 0 fully saturated rings. The van der Waals surface area contributed by atoms with Crippen molar-refractivity contribution in [3.05, 3.63) is 34.3 Å². The zero-order valence-corrected chi connectivity index (χ0v) is 10.3. The molecule has 0 heterocycles. The molecule has 0 aliphatic heterocycles. The van der Waals surface area contributed by atoms with Gasteiger partial charge in [-0.1, -0.05) is 28.1 Å². The predicted octanol–water partition coefficient (Wildman–Crippen LogP) is 3.22. The van der Waals surface area contributed by atoms with E-state index in [2.05, 4.69) is 68.3 Å². The second kappa shape index (κ2) is 3.81. The Kier molecular flexibility index (Phi) is 3.14. The van der Waals surface area contributed by atoms with E-state index in [-0.39, 0.29) is 0 Å². The number of halogens is 1. The molecule has 0 aliphatic carbocycles. The van der Waals surface area contributed by atoms with Crippen LogP contribution in [-0.4, -0.2) is 25.6 Å². The molecule has 0 saturated carbocycles. The fraction of sp³-hybridized carbons (Fsp3) is 0.455. The van der Waals surface area contributed by atoms with Gasteiger partial charge in [-0.05, 0) is 19.1 Å². The summed E-state index contributed by atoms with van der Waals surface area (Å²) in [6.07, 6.45) is 0. The number of nitrogens with zero attached hydrogens (tertiary/aromatic N) is 1. The molecule has 0 spiro atoms. The molecule has 2 heteroatoms. The number of quaternary nitrogens is 1. The molecule has 1 aromatic carbocycles. The van der Waals surface area contributed by atoms with Crippen molar-refractivity contribution in [3.63, 3.8) is 0 Å². The van der Waals surface area contributed by atoms with Gasteiger partial charge in [0.25, 0.3) is 0 Å². The molecule has 0 saturated heterocycles. The van der Waals surface area contributed by atoms with Crippen molar-refractivity contribution in [2.75, 3.05) is 21.1 Å². The van der Waals surface area contributed by atoms with E-state index in [1.54, 1.807) is 0 Å². The first-order chi connectivity index (χ1) is 5.91. The Bertz CT molecular complexity index is 271. The Labute approximate surface area is 89.1 Å². The summed E-state index contributed by atoms with van der Waals surface area (Å²) in [5.41, 5.74) is 1.38. The van der Waals surface area contributed by atoms with Crippen LogP contribution in [0.1, 0.15) is 18.5 Å². The van der Waals surface area contributed by atoms with Crippen LogP contribution in [0, 0.1) is 0 Å². The molecule has 0 unspecified atom stereocenters. The number of hydrogen-bond acceptors (Lipinski definition) is 0. The molecule has 0 N–H and O–H groups in total. The largest absolute Gasteiger partial charge is 0.325 e. The van der Waals surface area contributed by atoms with Crippen molar-refractivity contribution in [3.8, 4) is 0 Å². The van der Waals surface area contributed by atoms with Gasteiger partial charge in [0.1, 0.15) is 6.04 Å². The normalized spacial score (nSPS) is 14.2. The highest BCUT2D eigenvalue weighted by molar-refractivity contribution is 9.10. The summed E-state index contributed by atoms with van der Waals surface area (Å²) in [6.45, 7) is 2.25. The third-order valence-electron chi connectivity index (χ3n) is 2.51. The zero-order chi connectivity index (χ0) is 10.1. The van der Waals surface area contributed by atoms with Crippen LogP contribution < -0.4 is 0 Å². The summed E-state index contributed by atoms with van der Waals surface area (Å²) in [4.78, 5) is 0. The lowest BCUT2D eigenvalue weighted by Gasteiger charge is -2.31. The van der Waals surface area contributed by atoms with Gasteiger partial charge in [0, 0.05) is 10.0 Å². The van der Waals surface area contributed by atoms with Crippen LogP contribution in [0.2, 0.25) is 0 Å². The molecular formula is C11H17BrN+. The molecule has 1 aromatic rings. The Hall–Kier alpha value is -0.340. The average molecular weight is 243 g/mol. The predicted molar refractivity (Wildman–Crippen MR) is 60.6 cm³/mol. The molecule has 0 aliphatic rings. The first-order valence-electron chi connectivity index (χ1n) is 4.48. The summed E-state index contributed by atoms with van der Waals surface area (Å²) >= 11 is 3.44. The molecule has 1 nitrogen and oxygen atoms in total. The van der Waals surface area contributed by atoms with E-state index in [0.717, 1.165) is 8.96 Å². The van der Waals surface area contributed by atoms with Crippen molar-refractivity contribution in [1.82, 2.24) is 0 Å². The smallest absolute Gasteiger partial charge is 0.111 e. The summed E-state index contributed by atoms with van der Waals surface area (Å²) in [5, 5.41) is 0. The molecule has 0 amide bonds. The van der Waals surface area contributed by atoms with E-state index in [4.69, 9.17) is 0 Å². The van der Waals surface area contributed by atoms with E-state index < -0.39 is 0 Å². The van der Waals surface area contributed by atoms with Gasteiger partial charge in [0.05, 0.1) is 21.1 Å². The molecule has 0 bridgehead atoms. The topological polar surface area (TPSA) is 0 Å². The van der Waals surface area contributed by atoms with Crippen molar-refractivity contribution in [1.29, 1.82) is 0 Å². The Balaban J connectivity index is 2.90. The van der Waals surface area contributed by atoms with Crippen molar-refractivity contribution in [2.24, 2.45) is 0 Å². The molecule has 0 aromatic heterocycles. The Morgan fingerprint density at radius 3 is 1.92 bits per heavy atom. The first-order valence-corrected chi connectivity index (χ1v) is 5.27. The third kappa shape index (κ3) is 2.82. The van der Waals surface area contributed by atoms with Gasteiger partial charge in [0.2, 0.25) is 0 Å². The highest BCUT2D eigenvalue weighted by Crippen LogP contribution is 2.23. The first kappa shape index (κ1) is 10.7. The van der Waals surface area contributed by atoms with Crippen molar-refractivity contribution in [2.45, 2.75) is 13.0 Å². The van der Waals surface area contributed by atoms with Crippen LogP contribution in [-0.2, 0) is 0 Å². The second-order valence-corrected chi connectivity index (χ2v) is 5.26. The monoisotopic (exact) mass is 242 g/mol. The van der Waals surface area contributed by atoms with E-state index >= 15 is 0 Å². The van der Waals surface area contributed by atoms with Crippen molar-refractivity contribution < 1.29 is 4.48 Å². The van der Waals surface area contributed by atoms with Gasteiger partial charge in [-0.2, -0.15) is 0 Å². The quantitative estimate of drug-likeness (QED) is 0.699. The SMILES string of the molecule is C[C@H](c1ccc(Br)cc1)[N+](C)(C)C. The van der Waals surface area contributed by atoms with Gasteiger partial charge < -0.3 is 4.48 Å². The van der Waals surface area contributed by atoms with Gasteiger partial charge >= 0.3 is 0 Å². The van der Waals surface area contributed by atoms with Gasteiger partial charge in [-0.3, -0.25) is 0 Å². The fourth-order valence-electron chi connectivity index (χ4n) is 1.19. The average Bonchev–Trinajstić information content (AvgIpc) is 2.03. The third-order valence-corrected chi connectivity index (χ3v) is 3.04. The maximum Gasteiger partial charge on any atom is 0.111 e. The van der Waals surface area contributed by atoms with Crippen LogP contribution in [0.5, 0.6) is 0 Å². The zero-order valence-electron chi connectivity index (χ0n) is 8.71. The van der Waals surface area contributed by atoms with Crippen LogP contribution >= 0.6 is 15.9 Å². The molecule has 1 atom stereocenters. The number of rotatable bonds is 2. The molecule has 72 valence electrons. The van der Waals surface area contributed by atoms with E-state index in [1.807, 2.05) is 0 Å². The van der Waals surface area contributed by atoms with Gasteiger partial charge in [-0.15, -0.1) is 0 Å². The molecular weight excluding hydrogens is 226 g/mol. The van der Waals surface area contributed by atoms with Crippen LogP contribution in [0.4, 0.5) is 0 Å². The maximum absolute atomic E-state index is 3.44.